The molecule has 1 aliphatic heterocycles. The smallest absolute Gasteiger partial charge is 0.248 e. The molecule has 3 atom stereocenters. The first kappa shape index (κ1) is 15.8. The molecule has 1 saturated carbocycles. The van der Waals surface area contributed by atoms with Crippen LogP contribution in [0, 0.1) is 5.92 Å². The lowest BCUT2D eigenvalue weighted by atomic mass is 9.87. The van der Waals surface area contributed by atoms with Gasteiger partial charge in [0, 0.05) is 18.5 Å². The molecule has 1 N–H and O–H groups in total. The Morgan fingerprint density at radius 2 is 1.95 bits per heavy atom. The number of carbonyl (C=O) groups excluding carboxylic acids is 1. The van der Waals surface area contributed by atoms with Crippen molar-refractivity contribution in [2.24, 2.45) is 5.92 Å². The zero-order chi connectivity index (χ0) is 14.8. The normalized spacial score (nSPS) is 31.6. The number of ether oxygens (including phenoxy) is 1. The monoisotopic (exact) mass is 283 g/mol. The minimum absolute atomic E-state index is 0.0868. The maximum atomic E-state index is 12.4. The average molecular weight is 283 g/mol. The number of piperidine rings is 1. The predicted octanol–water partition coefficient (Wildman–Crippen LogP) is 2.34. The van der Waals surface area contributed by atoms with E-state index in [4.69, 9.17) is 4.74 Å². The van der Waals surface area contributed by atoms with Crippen molar-refractivity contribution in [2.45, 2.75) is 77.0 Å². The lowest BCUT2D eigenvalue weighted by Gasteiger charge is -2.40. The van der Waals surface area contributed by atoms with E-state index >= 15 is 0 Å². The predicted molar refractivity (Wildman–Crippen MR) is 78.4 cm³/mol. The molecule has 116 valence electrons. The third-order valence-electron chi connectivity index (χ3n) is 4.52. The van der Waals surface area contributed by atoms with Crippen LogP contribution < -0.4 is 0 Å². The molecule has 2 rings (SSSR count). The summed E-state index contributed by atoms with van der Waals surface area (Å²) in [6.45, 7) is 6.88. The van der Waals surface area contributed by atoms with Crippen molar-refractivity contribution in [1.29, 1.82) is 0 Å². The summed E-state index contributed by atoms with van der Waals surface area (Å²) in [6, 6.07) is 0.220. The van der Waals surface area contributed by atoms with Crippen molar-refractivity contribution in [2.75, 3.05) is 13.2 Å². The van der Waals surface area contributed by atoms with E-state index in [-0.39, 0.29) is 36.2 Å². The van der Waals surface area contributed by atoms with E-state index in [9.17, 15) is 9.90 Å². The zero-order valence-corrected chi connectivity index (χ0v) is 13.1. The van der Waals surface area contributed by atoms with Gasteiger partial charge in [-0.2, -0.15) is 0 Å². The highest BCUT2D eigenvalue weighted by molar-refractivity contribution is 5.78. The topological polar surface area (TPSA) is 49.8 Å². The van der Waals surface area contributed by atoms with Crippen molar-refractivity contribution in [1.82, 2.24) is 4.90 Å². The minimum atomic E-state index is -0.284. The first-order valence-corrected chi connectivity index (χ1v) is 8.00. The lowest BCUT2D eigenvalue weighted by Crippen LogP contribution is -2.50. The Bertz CT molecular complexity index is 337. The van der Waals surface area contributed by atoms with Crippen LogP contribution in [0.1, 0.15) is 59.3 Å². The SMILES string of the molecule is CC(C)(C)OCC(=O)N1CCCCC1C1CCCC1O. The summed E-state index contributed by atoms with van der Waals surface area (Å²) < 4.78 is 5.63. The van der Waals surface area contributed by atoms with Gasteiger partial charge in [0.25, 0.3) is 0 Å². The van der Waals surface area contributed by atoms with Crippen LogP contribution in [-0.4, -0.2) is 46.8 Å². The van der Waals surface area contributed by atoms with Gasteiger partial charge in [0.05, 0.1) is 11.7 Å². The second-order valence-corrected chi connectivity index (χ2v) is 7.21. The first-order valence-electron chi connectivity index (χ1n) is 8.00. The highest BCUT2D eigenvalue weighted by atomic mass is 16.5. The van der Waals surface area contributed by atoms with Crippen LogP contribution in [0.15, 0.2) is 0 Å². The molecule has 0 bridgehead atoms. The molecule has 3 unspecified atom stereocenters. The summed E-state index contributed by atoms with van der Waals surface area (Å²) >= 11 is 0. The maximum absolute atomic E-state index is 12.4. The second-order valence-electron chi connectivity index (χ2n) is 7.21. The molecule has 0 radical (unpaired) electrons. The van der Waals surface area contributed by atoms with Crippen LogP contribution in [0.4, 0.5) is 0 Å². The Balaban J connectivity index is 1.97. The van der Waals surface area contributed by atoms with Crippen LogP contribution >= 0.6 is 0 Å². The summed E-state index contributed by atoms with van der Waals surface area (Å²) in [4.78, 5) is 14.4. The van der Waals surface area contributed by atoms with E-state index in [0.29, 0.717) is 0 Å². The fourth-order valence-electron chi connectivity index (χ4n) is 3.49. The Morgan fingerprint density at radius 1 is 1.20 bits per heavy atom. The minimum Gasteiger partial charge on any atom is -0.393 e. The van der Waals surface area contributed by atoms with Gasteiger partial charge in [-0.3, -0.25) is 4.79 Å². The van der Waals surface area contributed by atoms with Crippen molar-refractivity contribution >= 4 is 5.91 Å². The molecule has 4 nitrogen and oxygen atoms in total. The average Bonchev–Trinajstić information content (AvgIpc) is 2.81. The zero-order valence-electron chi connectivity index (χ0n) is 13.1. The van der Waals surface area contributed by atoms with E-state index in [1.807, 2.05) is 25.7 Å². The van der Waals surface area contributed by atoms with Crippen molar-refractivity contribution in [3.8, 4) is 0 Å². The molecular weight excluding hydrogens is 254 g/mol. The molecular formula is C16H29NO3. The van der Waals surface area contributed by atoms with E-state index in [1.165, 1.54) is 0 Å². The van der Waals surface area contributed by atoms with Crippen LogP contribution in [0.25, 0.3) is 0 Å². The molecule has 1 saturated heterocycles. The molecule has 0 spiro atoms. The fourth-order valence-corrected chi connectivity index (χ4v) is 3.49. The Labute approximate surface area is 122 Å². The first-order chi connectivity index (χ1) is 9.38. The number of rotatable bonds is 3. The molecule has 1 aliphatic carbocycles. The van der Waals surface area contributed by atoms with Gasteiger partial charge in [-0.25, -0.2) is 0 Å². The molecule has 1 amide bonds. The highest BCUT2D eigenvalue weighted by Crippen LogP contribution is 2.35. The molecule has 0 aromatic heterocycles. The van der Waals surface area contributed by atoms with E-state index in [0.717, 1.165) is 45.1 Å². The van der Waals surface area contributed by atoms with Gasteiger partial charge in [-0.15, -0.1) is 0 Å². The van der Waals surface area contributed by atoms with Gasteiger partial charge < -0.3 is 14.7 Å². The third-order valence-corrected chi connectivity index (χ3v) is 4.52. The van der Waals surface area contributed by atoms with Crippen molar-refractivity contribution in [3.05, 3.63) is 0 Å². The molecule has 0 aromatic carbocycles. The number of carbonyl (C=O) groups is 1. The standard InChI is InChI=1S/C16H29NO3/c1-16(2,3)20-11-15(19)17-10-5-4-8-13(17)12-7-6-9-14(12)18/h12-14,18H,4-11H2,1-3H3. The van der Waals surface area contributed by atoms with Crippen molar-refractivity contribution in [3.63, 3.8) is 0 Å². The van der Waals surface area contributed by atoms with Gasteiger partial charge in [-0.1, -0.05) is 6.42 Å². The second kappa shape index (κ2) is 6.44. The molecule has 2 fully saturated rings. The van der Waals surface area contributed by atoms with E-state index < -0.39 is 0 Å². The highest BCUT2D eigenvalue weighted by Gasteiger charge is 2.38. The Morgan fingerprint density at radius 3 is 2.55 bits per heavy atom. The fraction of sp³-hybridized carbons (Fsp3) is 0.938. The van der Waals surface area contributed by atoms with E-state index in [1.54, 1.807) is 0 Å². The number of aliphatic hydroxyl groups excluding tert-OH is 1. The molecule has 20 heavy (non-hydrogen) atoms. The number of amides is 1. The molecule has 1 heterocycles. The molecule has 4 heteroatoms. The van der Waals surface area contributed by atoms with Crippen LogP contribution in [-0.2, 0) is 9.53 Å². The van der Waals surface area contributed by atoms with Crippen LogP contribution in [0.2, 0.25) is 0 Å². The molecule has 2 aliphatic rings. The van der Waals surface area contributed by atoms with Gasteiger partial charge in [0.2, 0.25) is 5.91 Å². The van der Waals surface area contributed by atoms with Crippen LogP contribution in [0.5, 0.6) is 0 Å². The number of hydrogen-bond acceptors (Lipinski definition) is 3. The van der Waals surface area contributed by atoms with Gasteiger partial charge in [-0.05, 0) is 52.9 Å². The van der Waals surface area contributed by atoms with E-state index in [2.05, 4.69) is 0 Å². The summed E-state index contributed by atoms with van der Waals surface area (Å²) in [6.07, 6.45) is 6.07. The number of nitrogens with zero attached hydrogens (tertiary/aromatic N) is 1. The Kier molecular flexibility index (Phi) is 5.08. The quantitative estimate of drug-likeness (QED) is 0.865. The Hall–Kier alpha value is -0.610. The number of likely N-dealkylation sites (tertiary alicyclic amines) is 1. The summed E-state index contributed by atoms with van der Waals surface area (Å²) in [5.74, 6) is 0.359. The summed E-state index contributed by atoms with van der Waals surface area (Å²) in [5, 5.41) is 10.1. The van der Waals surface area contributed by atoms with Gasteiger partial charge in [0.1, 0.15) is 6.61 Å². The summed E-state index contributed by atoms with van der Waals surface area (Å²) in [5.41, 5.74) is -0.284. The van der Waals surface area contributed by atoms with Crippen LogP contribution in [0.3, 0.4) is 0 Å². The third kappa shape index (κ3) is 3.95. The number of hydrogen-bond donors (Lipinski definition) is 1. The lowest BCUT2D eigenvalue weighted by molar-refractivity contribution is -0.147. The number of aliphatic hydroxyl groups is 1. The largest absolute Gasteiger partial charge is 0.393 e. The summed E-state index contributed by atoms with van der Waals surface area (Å²) in [7, 11) is 0. The van der Waals surface area contributed by atoms with Gasteiger partial charge in [0.15, 0.2) is 0 Å². The van der Waals surface area contributed by atoms with Gasteiger partial charge >= 0.3 is 0 Å². The maximum Gasteiger partial charge on any atom is 0.248 e. The van der Waals surface area contributed by atoms with Crippen molar-refractivity contribution < 1.29 is 14.6 Å². The molecule has 0 aromatic rings.